The first-order valence-electron chi connectivity index (χ1n) is 9.74. The number of fused-ring (bicyclic) bond motifs is 3. The number of amides is 2. The van der Waals surface area contributed by atoms with Gasteiger partial charge in [-0.25, -0.2) is 13.7 Å². The van der Waals surface area contributed by atoms with Crippen molar-refractivity contribution in [1.82, 2.24) is 19.5 Å². The van der Waals surface area contributed by atoms with Gasteiger partial charge in [-0.15, -0.1) is 5.10 Å². The van der Waals surface area contributed by atoms with E-state index in [0.717, 1.165) is 37.9 Å². The van der Waals surface area contributed by atoms with E-state index in [1.165, 1.54) is 12.1 Å². The summed E-state index contributed by atoms with van der Waals surface area (Å²) in [7, 11) is 0. The van der Waals surface area contributed by atoms with Gasteiger partial charge < -0.3 is 10.2 Å². The van der Waals surface area contributed by atoms with Gasteiger partial charge in [0.2, 0.25) is 4.96 Å². The lowest BCUT2D eigenvalue weighted by Crippen LogP contribution is -2.38. The van der Waals surface area contributed by atoms with Crippen molar-refractivity contribution in [2.75, 3.05) is 11.9 Å². The zero-order valence-corrected chi connectivity index (χ0v) is 17.5. The van der Waals surface area contributed by atoms with Gasteiger partial charge in [0.15, 0.2) is 5.82 Å². The van der Waals surface area contributed by atoms with E-state index in [-0.39, 0.29) is 11.8 Å². The molecule has 5 rings (SSSR count). The largest absolute Gasteiger partial charge is 0.322 e. The Morgan fingerprint density at radius 2 is 1.97 bits per heavy atom. The number of hydrogen-bond donors (Lipinski definition) is 1. The number of halogens is 1. The maximum Gasteiger partial charge on any atom is 0.322 e. The summed E-state index contributed by atoms with van der Waals surface area (Å²) in [6.45, 7) is 5.15. The second-order valence-corrected chi connectivity index (χ2v) is 8.59. The van der Waals surface area contributed by atoms with Crippen LogP contribution in [0.25, 0.3) is 16.3 Å². The lowest BCUT2D eigenvalue weighted by Gasteiger charge is -2.27. The third-order valence-electron chi connectivity index (χ3n) is 5.35. The van der Waals surface area contributed by atoms with Crippen LogP contribution >= 0.6 is 11.3 Å². The van der Waals surface area contributed by atoms with Gasteiger partial charge in [0, 0.05) is 29.1 Å². The molecule has 2 aromatic carbocycles. The maximum absolute atomic E-state index is 13.2. The first-order valence-corrected chi connectivity index (χ1v) is 10.6. The van der Waals surface area contributed by atoms with Gasteiger partial charge in [0.25, 0.3) is 0 Å². The second kappa shape index (κ2) is 7.21. The van der Waals surface area contributed by atoms with Gasteiger partial charge in [-0.1, -0.05) is 23.5 Å². The van der Waals surface area contributed by atoms with E-state index in [4.69, 9.17) is 0 Å². The number of nitrogens with one attached hydrogen (secondary N) is 1. The summed E-state index contributed by atoms with van der Waals surface area (Å²) >= 11 is 1.55. The number of nitrogens with zero attached hydrogens (tertiary/aromatic N) is 4. The van der Waals surface area contributed by atoms with Crippen molar-refractivity contribution >= 4 is 28.0 Å². The normalized spacial score (nSPS) is 13.5. The van der Waals surface area contributed by atoms with Gasteiger partial charge in [0.1, 0.15) is 5.82 Å². The number of carbonyl (C=O) groups is 1. The fourth-order valence-electron chi connectivity index (χ4n) is 3.65. The van der Waals surface area contributed by atoms with Gasteiger partial charge in [0.05, 0.1) is 12.2 Å². The SMILES string of the molecule is Cc1ccc(C)c(NC(=O)N2CCc3c(sc4nc(-c5ccc(F)cc5)nn34)C2)c1. The molecule has 1 aliphatic rings. The topological polar surface area (TPSA) is 62.5 Å². The van der Waals surface area contributed by atoms with Crippen LogP contribution in [-0.2, 0) is 13.0 Å². The van der Waals surface area contributed by atoms with Crippen molar-refractivity contribution < 1.29 is 9.18 Å². The number of urea groups is 1. The Kier molecular flexibility index (Phi) is 4.51. The third kappa shape index (κ3) is 3.33. The van der Waals surface area contributed by atoms with E-state index < -0.39 is 0 Å². The first kappa shape index (κ1) is 18.7. The first-order chi connectivity index (χ1) is 14.5. The fraction of sp³-hybridized carbons (Fsp3) is 0.227. The summed E-state index contributed by atoms with van der Waals surface area (Å²) in [5, 5.41) is 7.66. The molecule has 0 bridgehead atoms. The molecule has 6 nitrogen and oxygen atoms in total. The van der Waals surface area contributed by atoms with E-state index in [0.29, 0.717) is 25.3 Å². The van der Waals surface area contributed by atoms with Gasteiger partial charge in [-0.05, 0) is 55.3 Å². The molecule has 3 heterocycles. The minimum Gasteiger partial charge on any atom is -0.319 e. The molecule has 30 heavy (non-hydrogen) atoms. The third-order valence-corrected chi connectivity index (χ3v) is 6.40. The molecule has 4 aromatic rings. The van der Waals surface area contributed by atoms with E-state index in [1.807, 2.05) is 41.5 Å². The van der Waals surface area contributed by atoms with E-state index >= 15 is 0 Å². The number of thiazole rings is 1. The number of hydrogen-bond acceptors (Lipinski definition) is 4. The molecular weight excluding hydrogens is 401 g/mol. The van der Waals surface area contributed by atoms with Crippen molar-refractivity contribution in [3.8, 4) is 11.4 Å². The highest BCUT2D eigenvalue weighted by Crippen LogP contribution is 2.30. The minimum atomic E-state index is -0.281. The Morgan fingerprint density at radius 1 is 1.17 bits per heavy atom. The Bertz CT molecular complexity index is 1260. The summed E-state index contributed by atoms with van der Waals surface area (Å²) in [6.07, 6.45) is 0.710. The number of benzene rings is 2. The predicted octanol–water partition coefficient (Wildman–Crippen LogP) is 4.80. The second-order valence-electron chi connectivity index (χ2n) is 7.53. The Hall–Kier alpha value is -3.26. The Balaban J connectivity index is 1.36. The van der Waals surface area contributed by atoms with Crippen LogP contribution in [-0.4, -0.2) is 32.1 Å². The molecule has 0 spiro atoms. The van der Waals surface area contributed by atoms with E-state index in [2.05, 4.69) is 15.4 Å². The summed E-state index contributed by atoms with van der Waals surface area (Å²) in [5.41, 5.74) is 4.87. The summed E-state index contributed by atoms with van der Waals surface area (Å²) in [5.74, 6) is 0.301. The van der Waals surface area contributed by atoms with Crippen LogP contribution in [0.1, 0.15) is 21.7 Å². The van der Waals surface area contributed by atoms with Crippen molar-refractivity contribution in [2.45, 2.75) is 26.8 Å². The number of anilines is 1. The maximum atomic E-state index is 13.2. The number of aromatic nitrogens is 3. The zero-order chi connectivity index (χ0) is 20.8. The van der Waals surface area contributed by atoms with Gasteiger partial charge in [-0.3, -0.25) is 0 Å². The lowest BCUT2D eigenvalue weighted by molar-refractivity contribution is 0.206. The average molecular weight is 422 g/mol. The van der Waals surface area contributed by atoms with Crippen molar-refractivity contribution in [3.05, 3.63) is 70.0 Å². The van der Waals surface area contributed by atoms with E-state index in [1.54, 1.807) is 23.5 Å². The summed E-state index contributed by atoms with van der Waals surface area (Å²) in [6, 6.07) is 12.1. The average Bonchev–Trinajstić information content (AvgIpc) is 3.28. The quantitative estimate of drug-likeness (QED) is 0.506. The van der Waals surface area contributed by atoms with Crippen LogP contribution in [0.15, 0.2) is 42.5 Å². The summed E-state index contributed by atoms with van der Waals surface area (Å²) in [4.78, 5) is 21.1. The molecule has 0 aliphatic carbocycles. The Labute approximate surface area is 177 Å². The number of rotatable bonds is 2. The Morgan fingerprint density at radius 3 is 2.77 bits per heavy atom. The van der Waals surface area contributed by atoms with Crippen molar-refractivity contribution in [1.29, 1.82) is 0 Å². The zero-order valence-electron chi connectivity index (χ0n) is 16.6. The standard InChI is InChI=1S/C22H20FN5OS/c1-13-3-4-14(2)17(11-13)24-21(29)27-10-9-18-19(12-27)30-22-25-20(26-28(18)22)15-5-7-16(23)8-6-15/h3-8,11H,9-10,12H2,1-2H3,(H,24,29). The molecule has 1 N–H and O–H groups in total. The lowest BCUT2D eigenvalue weighted by atomic mass is 10.1. The number of aryl methyl sites for hydroxylation is 2. The van der Waals surface area contributed by atoms with Crippen LogP contribution in [0.5, 0.6) is 0 Å². The molecule has 2 aromatic heterocycles. The molecule has 0 fully saturated rings. The molecule has 0 saturated heterocycles. The molecule has 1 aliphatic heterocycles. The molecule has 0 saturated carbocycles. The summed E-state index contributed by atoms with van der Waals surface area (Å²) < 4.78 is 15.0. The monoisotopic (exact) mass is 421 g/mol. The predicted molar refractivity (Wildman–Crippen MR) is 115 cm³/mol. The molecule has 0 unspecified atom stereocenters. The van der Waals surface area contributed by atoms with Crippen LogP contribution in [0.3, 0.4) is 0 Å². The molecular formula is C22H20FN5OS. The highest BCUT2D eigenvalue weighted by atomic mass is 32.1. The highest BCUT2D eigenvalue weighted by molar-refractivity contribution is 7.17. The molecule has 0 radical (unpaired) electrons. The highest BCUT2D eigenvalue weighted by Gasteiger charge is 2.26. The van der Waals surface area contributed by atoms with Crippen LogP contribution in [0.4, 0.5) is 14.9 Å². The van der Waals surface area contributed by atoms with Crippen molar-refractivity contribution in [2.24, 2.45) is 0 Å². The molecule has 0 atom stereocenters. The van der Waals surface area contributed by atoms with Gasteiger partial charge in [-0.2, -0.15) is 4.98 Å². The molecule has 8 heteroatoms. The van der Waals surface area contributed by atoms with Crippen molar-refractivity contribution in [3.63, 3.8) is 0 Å². The van der Waals surface area contributed by atoms with Crippen LogP contribution < -0.4 is 5.32 Å². The molecule has 152 valence electrons. The minimum absolute atomic E-state index is 0.0969. The van der Waals surface area contributed by atoms with Crippen LogP contribution in [0, 0.1) is 19.7 Å². The smallest absolute Gasteiger partial charge is 0.319 e. The fourth-order valence-corrected chi connectivity index (χ4v) is 4.77. The van der Waals surface area contributed by atoms with Crippen LogP contribution in [0.2, 0.25) is 0 Å². The van der Waals surface area contributed by atoms with Gasteiger partial charge >= 0.3 is 6.03 Å². The molecule has 2 amide bonds. The number of carbonyl (C=O) groups excluding carboxylic acids is 1. The van der Waals surface area contributed by atoms with E-state index in [9.17, 15) is 9.18 Å².